The van der Waals surface area contributed by atoms with Gasteiger partial charge in [0.15, 0.2) is 0 Å². The van der Waals surface area contributed by atoms with Gasteiger partial charge in [-0.1, -0.05) is 29.8 Å². The number of hydrogen-bond acceptors (Lipinski definition) is 5. The highest BCUT2D eigenvalue weighted by Crippen LogP contribution is 2.32. The molecule has 1 atom stereocenters. The second kappa shape index (κ2) is 7.37. The summed E-state index contributed by atoms with van der Waals surface area (Å²) in [6, 6.07) is 7.04. The van der Waals surface area contributed by atoms with Crippen molar-refractivity contribution in [2.75, 3.05) is 5.32 Å². The van der Waals surface area contributed by atoms with Gasteiger partial charge >= 0.3 is 0 Å². The zero-order chi connectivity index (χ0) is 18.0. The Hall–Kier alpha value is -2.18. The molecule has 2 heterocycles. The molecule has 130 valence electrons. The second-order valence-electron chi connectivity index (χ2n) is 5.86. The largest absolute Gasteiger partial charge is 0.358 e. The lowest BCUT2D eigenvalue weighted by Gasteiger charge is -2.15. The van der Waals surface area contributed by atoms with Gasteiger partial charge in [-0.15, -0.1) is 11.3 Å². The van der Waals surface area contributed by atoms with Crippen molar-refractivity contribution in [1.82, 2.24) is 15.3 Å². The fourth-order valence-corrected chi connectivity index (χ4v) is 3.74. The highest BCUT2D eigenvalue weighted by Gasteiger charge is 2.17. The number of hydrogen-bond donors (Lipinski definition) is 2. The topological polar surface area (TPSA) is 66.9 Å². The molecule has 0 radical (unpaired) electrons. The quantitative estimate of drug-likeness (QED) is 0.706. The second-order valence-corrected chi connectivity index (χ2v) is 7.47. The lowest BCUT2D eigenvalue weighted by Crippen LogP contribution is -2.37. The van der Waals surface area contributed by atoms with Crippen LogP contribution >= 0.6 is 22.9 Å². The highest BCUT2D eigenvalue weighted by atomic mass is 35.5. The van der Waals surface area contributed by atoms with Gasteiger partial charge in [0.25, 0.3) is 0 Å². The Morgan fingerprint density at radius 1 is 1.28 bits per heavy atom. The maximum Gasteiger partial charge on any atom is 0.242 e. The molecule has 0 saturated heterocycles. The minimum absolute atomic E-state index is 0.115. The normalized spacial score (nSPS) is 12.2. The van der Waals surface area contributed by atoms with E-state index in [0.717, 1.165) is 21.3 Å². The van der Waals surface area contributed by atoms with Crippen LogP contribution in [0, 0.1) is 13.8 Å². The third kappa shape index (κ3) is 3.75. The summed E-state index contributed by atoms with van der Waals surface area (Å²) in [6.45, 7) is 6.31. The Morgan fingerprint density at radius 2 is 2.04 bits per heavy atom. The van der Waals surface area contributed by atoms with Gasteiger partial charge in [-0.25, -0.2) is 9.97 Å². The number of carbonyl (C=O) groups excluding carboxylic acids is 1. The van der Waals surface area contributed by atoms with Gasteiger partial charge in [-0.3, -0.25) is 4.79 Å². The summed E-state index contributed by atoms with van der Waals surface area (Å²) >= 11 is 7.75. The van der Waals surface area contributed by atoms with Gasteiger partial charge in [0.2, 0.25) is 5.91 Å². The maximum absolute atomic E-state index is 12.4. The minimum Gasteiger partial charge on any atom is -0.358 e. The van der Waals surface area contributed by atoms with Crippen LogP contribution in [0.5, 0.6) is 0 Å². The number of fused-ring (bicyclic) bond motifs is 1. The average molecular weight is 375 g/mol. The molecule has 0 aliphatic carbocycles. The Labute approximate surface area is 155 Å². The molecule has 3 rings (SSSR count). The van der Waals surface area contributed by atoms with Gasteiger partial charge in [0.1, 0.15) is 23.0 Å². The molecule has 0 aliphatic heterocycles. The van der Waals surface area contributed by atoms with E-state index in [1.807, 2.05) is 38.1 Å². The van der Waals surface area contributed by atoms with Crippen molar-refractivity contribution in [2.24, 2.45) is 0 Å². The summed E-state index contributed by atoms with van der Waals surface area (Å²) in [5.74, 6) is 0.573. The van der Waals surface area contributed by atoms with Crippen molar-refractivity contribution in [2.45, 2.75) is 33.4 Å². The maximum atomic E-state index is 12.4. The molecule has 0 aliphatic rings. The number of amides is 1. The van der Waals surface area contributed by atoms with Gasteiger partial charge in [0.05, 0.1) is 5.39 Å². The SMILES string of the molecule is Cc1sc2ncnc(N[C@@H](C)C(=O)NCc3ccccc3Cl)c2c1C. The molecule has 0 bridgehead atoms. The first-order valence-electron chi connectivity index (χ1n) is 7.95. The predicted octanol–water partition coefficient (Wildman–Crippen LogP) is 4.08. The van der Waals surface area contributed by atoms with Crippen molar-refractivity contribution >= 4 is 44.9 Å². The Morgan fingerprint density at radius 3 is 2.80 bits per heavy atom. The highest BCUT2D eigenvalue weighted by molar-refractivity contribution is 7.18. The van der Waals surface area contributed by atoms with Crippen molar-refractivity contribution in [3.05, 3.63) is 51.6 Å². The van der Waals surface area contributed by atoms with E-state index >= 15 is 0 Å². The van der Waals surface area contributed by atoms with E-state index in [4.69, 9.17) is 11.6 Å². The van der Waals surface area contributed by atoms with Crippen LogP contribution in [-0.2, 0) is 11.3 Å². The predicted molar refractivity (Wildman–Crippen MR) is 103 cm³/mol. The van der Waals surface area contributed by atoms with Crippen LogP contribution in [0.2, 0.25) is 5.02 Å². The van der Waals surface area contributed by atoms with E-state index in [2.05, 4.69) is 27.5 Å². The van der Waals surface area contributed by atoms with Crippen molar-refractivity contribution < 1.29 is 4.79 Å². The van der Waals surface area contributed by atoms with Gasteiger partial charge in [-0.05, 0) is 38.0 Å². The van der Waals surface area contributed by atoms with Crippen molar-refractivity contribution in [1.29, 1.82) is 0 Å². The molecular weight excluding hydrogens is 356 g/mol. The summed E-state index contributed by atoms with van der Waals surface area (Å²) in [5.41, 5.74) is 2.03. The van der Waals surface area contributed by atoms with E-state index < -0.39 is 6.04 Å². The molecule has 0 fully saturated rings. The van der Waals surface area contributed by atoms with Crippen LogP contribution in [0.3, 0.4) is 0 Å². The molecule has 1 amide bonds. The molecule has 7 heteroatoms. The fraction of sp³-hybridized carbons (Fsp3) is 0.278. The van der Waals surface area contributed by atoms with Crippen LogP contribution in [0.25, 0.3) is 10.2 Å². The number of nitrogens with one attached hydrogen (secondary N) is 2. The zero-order valence-electron chi connectivity index (χ0n) is 14.3. The number of benzene rings is 1. The van der Waals surface area contributed by atoms with E-state index in [0.29, 0.717) is 17.4 Å². The molecule has 1 aromatic carbocycles. The van der Waals surface area contributed by atoms with E-state index in [1.54, 1.807) is 11.3 Å². The molecule has 5 nitrogen and oxygen atoms in total. The van der Waals surface area contributed by atoms with E-state index in [9.17, 15) is 4.79 Å². The van der Waals surface area contributed by atoms with Crippen LogP contribution < -0.4 is 10.6 Å². The minimum atomic E-state index is -0.430. The Kier molecular flexibility index (Phi) is 5.20. The number of halogens is 1. The van der Waals surface area contributed by atoms with Gasteiger partial charge in [0, 0.05) is 16.4 Å². The molecule has 3 aromatic rings. The van der Waals surface area contributed by atoms with Gasteiger partial charge in [-0.2, -0.15) is 0 Å². The zero-order valence-corrected chi connectivity index (χ0v) is 15.8. The number of carbonyl (C=O) groups is 1. The summed E-state index contributed by atoms with van der Waals surface area (Å²) in [5, 5.41) is 7.73. The van der Waals surface area contributed by atoms with Crippen molar-refractivity contribution in [3.8, 4) is 0 Å². The molecule has 0 saturated carbocycles. The third-order valence-corrected chi connectivity index (χ3v) is 5.61. The number of aryl methyl sites for hydroxylation is 2. The fourth-order valence-electron chi connectivity index (χ4n) is 2.54. The number of aromatic nitrogens is 2. The number of thiophene rings is 1. The Bertz CT molecular complexity index is 925. The van der Waals surface area contributed by atoms with E-state index in [1.165, 1.54) is 11.2 Å². The lowest BCUT2D eigenvalue weighted by atomic mass is 10.2. The first-order chi connectivity index (χ1) is 12.0. The van der Waals surface area contributed by atoms with Crippen LogP contribution in [0.15, 0.2) is 30.6 Å². The van der Waals surface area contributed by atoms with E-state index in [-0.39, 0.29) is 5.91 Å². The van der Waals surface area contributed by atoms with Crippen LogP contribution in [-0.4, -0.2) is 21.9 Å². The first-order valence-corrected chi connectivity index (χ1v) is 9.15. The van der Waals surface area contributed by atoms with Crippen molar-refractivity contribution in [3.63, 3.8) is 0 Å². The molecular formula is C18H19ClN4OS. The number of nitrogens with zero attached hydrogens (tertiary/aromatic N) is 2. The van der Waals surface area contributed by atoms with Gasteiger partial charge < -0.3 is 10.6 Å². The first kappa shape index (κ1) is 17.6. The summed E-state index contributed by atoms with van der Waals surface area (Å²) in [4.78, 5) is 23.2. The summed E-state index contributed by atoms with van der Waals surface area (Å²) in [6.07, 6.45) is 1.52. The summed E-state index contributed by atoms with van der Waals surface area (Å²) < 4.78 is 0. The summed E-state index contributed by atoms with van der Waals surface area (Å²) in [7, 11) is 0. The Balaban J connectivity index is 1.71. The lowest BCUT2D eigenvalue weighted by molar-refractivity contribution is -0.121. The monoisotopic (exact) mass is 374 g/mol. The average Bonchev–Trinajstić information content (AvgIpc) is 2.89. The van der Waals surface area contributed by atoms with Crippen LogP contribution in [0.4, 0.5) is 5.82 Å². The third-order valence-electron chi connectivity index (χ3n) is 4.12. The molecule has 25 heavy (non-hydrogen) atoms. The van der Waals surface area contributed by atoms with Crippen LogP contribution in [0.1, 0.15) is 22.9 Å². The molecule has 0 spiro atoms. The smallest absolute Gasteiger partial charge is 0.242 e. The standard InChI is InChI=1S/C18H19ClN4OS/c1-10-12(3)25-18-15(10)16(21-9-22-18)23-11(2)17(24)20-8-13-6-4-5-7-14(13)19/h4-7,9,11H,8H2,1-3H3,(H,20,24)(H,21,22,23)/t11-/m0/s1. The molecule has 2 N–H and O–H groups in total. The molecule has 2 aromatic heterocycles. The number of rotatable bonds is 5. The number of anilines is 1. The molecule has 0 unspecified atom stereocenters.